The van der Waals surface area contributed by atoms with Crippen molar-refractivity contribution in [2.75, 3.05) is 41.3 Å². The minimum absolute atomic E-state index is 0.776. The highest BCUT2D eigenvalue weighted by atomic mass is 32.1. The molecule has 1 aromatic rings. The van der Waals surface area contributed by atoms with Crippen molar-refractivity contribution < 1.29 is 4.74 Å². The van der Waals surface area contributed by atoms with Gasteiger partial charge in [-0.1, -0.05) is 12.1 Å². The number of hydrogen-bond donors (Lipinski definition) is 1. The van der Waals surface area contributed by atoms with Gasteiger partial charge in [0, 0.05) is 26.7 Å². The Kier molecular flexibility index (Phi) is 6.59. The number of nitrogens with one attached hydrogen (secondary N) is 1. The number of nitrogens with zero attached hydrogens (tertiary/aromatic N) is 2. The number of hydrogen-bond acceptors (Lipinski definition) is 3. The van der Waals surface area contributed by atoms with Gasteiger partial charge in [0.05, 0.1) is 7.11 Å². The largest absolute Gasteiger partial charge is 0.497 e. The topological polar surface area (TPSA) is 27.7 Å². The molecule has 1 N–H and O–H groups in total. The second-order valence-electron chi connectivity index (χ2n) is 4.74. The fourth-order valence-electron chi connectivity index (χ4n) is 1.60. The van der Waals surface area contributed by atoms with E-state index in [-0.39, 0.29) is 0 Å². The van der Waals surface area contributed by atoms with Gasteiger partial charge in [0.15, 0.2) is 5.11 Å². The van der Waals surface area contributed by atoms with E-state index in [9.17, 15) is 0 Å². The van der Waals surface area contributed by atoms with Crippen molar-refractivity contribution in [3.63, 3.8) is 0 Å². The predicted octanol–water partition coefficient (Wildman–Crippen LogP) is 1.56. The summed E-state index contributed by atoms with van der Waals surface area (Å²) in [7, 11) is 7.76. The van der Waals surface area contributed by atoms with E-state index in [1.807, 2.05) is 38.2 Å². The maximum absolute atomic E-state index is 5.35. The van der Waals surface area contributed by atoms with Crippen molar-refractivity contribution >= 4 is 17.3 Å². The quantitative estimate of drug-likeness (QED) is 0.799. The molecule has 0 aliphatic rings. The Labute approximate surface area is 121 Å². The molecule has 0 amide bonds. The standard InChI is InChI=1S/C14H23N3OS/c1-16(2)10-9-15-14(19)17(3)11-12-5-7-13(18-4)8-6-12/h5-8H,9-11H2,1-4H3,(H,15,19). The van der Waals surface area contributed by atoms with E-state index in [0.717, 1.165) is 30.5 Å². The number of rotatable bonds is 6. The van der Waals surface area contributed by atoms with Crippen LogP contribution in [-0.2, 0) is 6.54 Å². The molecule has 0 atom stereocenters. The Balaban J connectivity index is 2.40. The maximum Gasteiger partial charge on any atom is 0.169 e. The van der Waals surface area contributed by atoms with E-state index >= 15 is 0 Å². The van der Waals surface area contributed by atoms with Crippen LogP contribution in [0.3, 0.4) is 0 Å². The summed E-state index contributed by atoms with van der Waals surface area (Å²) in [6.07, 6.45) is 0. The third kappa shape index (κ3) is 5.89. The van der Waals surface area contributed by atoms with Crippen LogP contribution in [0.4, 0.5) is 0 Å². The molecule has 0 saturated heterocycles. The van der Waals surface area contributed by atoms with Crippen LogP contribution in [0, 0.1) is 0 Å². The first-order valence-corrected chi connectivity index (χ1v) is 6.70. The van der Waals surface area contributed by atoms with E-state index in [1.165, 1.54) is 5.56 Å². The average molecular weight is 281 g/mol. The molecular weight excluding hydrogens is 258 g/mol. The lowest BCUT2D eigenvalue weighted by molar-refractivity contribution is 0.405. The van der Waals surface area contributed by atoms with Gasteiger partial charge in [-0.3, -0.25) is 0 Å². The number of thiocarbonyl (C=S) groups is 1. The van der Waals surface area contributed by atoms with Gasteiger partial charge in [-0.15, -0.1) is 0 Å². The molecule has 0 aliphatic heterocycles. The second-order valence-corrected chi connectivity index (χ2v) is 5.13. The fourth-order valence-corrected chi connectivity index (χ4v) is 1.76. The van der Waals surface area contributed by atoms with Crippen LogP contribution in [0.2, 0.25) is 0 Å². The minimum atomic E-state index is 0.776. The van der Waals surface area contributed by atoms with Crippen molar-refractivity contribution in [2.24, 2.45) is 0 Å². The third-order valence-corrected chi connectivity index (χ3v) is 3.22. The molecular formula is C14H23N3OS. The summed E-state index contributed by atoms with van der Waals surface area (Å²) in [4.78, 5) is 4.16. The molecule has 4 nitrogen and oxygen atoms in total. The molecule has 19 heavy (non-hydrogen) atoms. The summed E-state index contributed by atoms with van der Waals surface area (Å²) in [6.45, 7) is 2.62. The van der Waals surface area contributed by atoms with Crippen molar-refractivity contribution in [3.8, 4) is 5.75 Å². The van der Waals surface area contributed by atoms with Gasteiger partial charge in [-0.05, 0) is 44.0 Å². The first-order valence-electron chi connectivity index (χ1n) is 6.29. The van der Waals surface area contributed by atoms with Gasteiger partial charge >= 0.3 is 0 Å². The average Bonchev–Trinajstić information content (AvgIpc) is 2.39. The molecule has 0 heterocycles. The first kappa shape index (κ1) is 15.7. The van der Waals surface area contributed by atoms with Gasteiger partial charge < -0.3 is 19.9 Å². The number of benzene rings is 1. The second kappa shape index (κ2) is 7.96. The smallest absolute Gasteiger partial charge is 0.169 e. The summed E-state index contributed by atoms with van der Waals surface area (Å²) in [6, 6.07) is 8.03. The number of methoxy groups -OCH3 is 1. The molecule has 0 aromatic heterocycles. The van der Waals surface area contributed by atoms with Gasteiger partial charge in [0.1, 0.15) is 5.75 Å². The molecule has 1 rings (SSSR count). The highest BCUT2D eigenvalue weighted by molar-refractivity contribution is 7.80. The van der Waals surface area contributed by atoms with Crippen molar-refractivity contribution in [1.82, 2.24) is 15.1 Å². The van der Waals surface area contributed by atoms with Crippen LogP contribution in [0.1, 0.15) is 5.56 Å². The van der Waals surface area contributed by atoms with E-state index < -0.39 is 0 Å². The highest BCUT2D eigenvalue weighted by Gasteiger charge is 2.05. The SMILES string of the molecule is COc1ccc(CN(C)C(=S)NCCN(C)C)cc1. The van der Waals surface area contributed by atoms with Crippen molar-refractivity contribution in [3.05, 3.63) is 29.8 Å². The summed E-state index contributed by atoms with van der Waals surface area (Å²) < 4.78 is 5.14. The molecule has 0 saturated carbocycles. The monoisotopic (exact) mass is 281 g/mol. The maximum atomic E-state index is 5.35. The molecule has 5 heteroatoms. The van der Waals surface area contributed by atoms with Crippen LogP contribution in [-0.4, -0.2) is 56.3 Å². The molecule has 0 fully saturated rings. The highest BCUT2D eigenvalue weighted by Crippen LogP contribution is 2.12. The summed E-state index contributed by atoms with van der Waals surface area (Å²) in [5, 5.41) is 4.02. The Morgan fingerprint density at radius 1 is 1.21 bits per heavy atom. The van der Waals surface area contributed by atoms with Crippen LogP contribution >= 0.6 is 12.2 Å². The van der Waals surface area contributed by atoms with E-state index in [2.05, 4.69) is 22.3 Å². The molecule has 1 aromatic carbocycles. The lowest BCUT2D eigenvalue weighted by atomic mass is 10.2. The minimum Gasteiger partial charge on any atom is -0.497 e. The first-order chi connectivity index (χ1) is 9.02. The Morgan fingerprint density at radius 2 is 1.84 bits per heavy atom. The molecule has 106 valence electrons. The lowest BCUT2D eigenvalue weighted by Crippen LogP contribution is -2.39. The molecule has 0 aliphatic carbocycles. The summed E-state index contributed by atoms with van der Waals surface area (Å²) >= 11 is 5.35. The molecule has 0 spiro atoms. The van der Waals surface area contributed by atoms with Crippen LogP contribution < -0.4 is 10.1 Å². The van der Waals surface area contributed by atoms with E-state index in [4.69, 9.17) is 17.0 Å². The molecule has 0 radical (unpaired) electrons. The Bertz CT molecular complexity index is 392. The normalized spacial score (nSPS) is 10.4. The van der Waals surface area contributed by atoms with Crippen molar-refractivity contribution in [2.45, 2.75) is 6.54 Å². The Hall–Kier alpha value is -1.33. The lowest BCUT2D eigenvalue weighted by Gasteiger charge is -2.22. The zero-order valence-corrected chi connectivity index (χ0v) is 13.0. The van der Waals surface area contributed by atoms with Gasteiger partial charge in [-0.25, -0.2) is 0 Å². The predicted molar refractivity (Wildman–Crippen MR) is 83.6 cm³/mol. The zero-order chi connectivity index (χ0) is 14.3. The molecule has 0 bridgehead atoms. The number of likely N-dealkylation sites (N-methyl/N-ethyl adjacent to an activating group) is 1. The fraction of sp³-hybridized carbons (Fsp3) is 0.500. The van der Waals surface area contributed by atoms with Gasteiger partial charge in [0.25, 0.3) is 0 Å². The third-order valence-electron chi connectivity index (χ3n) is 2.76. The summed E-state index contributed by atoms with van der Waals surface area (Å²) in [5.41, 5.74) is 1.21. The van der Waals surface area contributed by atoms with Gasteiger partial charge in [-0.2, -0.15) is 0 Å². The Morgan fingerprint density at radius 3 is 2.37 bits per heavy atom. The van der Waals surface area contributed by atoms with Crippen LogP contribution in [0.5, 0.6) is 5.75 Å². The van der Waals surface area contributed by atoms with Crippen molar-refractivity contribution in [1.29, 1.82) is 0 Å². The van der Waals surface area contributed by atoms with Gasteiger partial charge in [0.2, 0.25) is 0 Å². The number of ether oxygens (including phenoxy) is 1. The van der Waals surface area contributed by atoms with Crippen LogP contribution in [0.25, 0.3) is 0 Å². The van der Waals surface area contributed by atoms with E-state index in [0.29, 0.717) is 0 Å². The molecule has 0 unspecified atom stereocenters. The summed E-state index contributed by atoms with van der Waals surface area (Å²) in [5.74, 6) is 0.873. The van der Waals surface area contributed by atoms with E-state index in [1.54, 1.807) is 7.11 Å². The van der Waals surface area contributed by atoms with Crippen LogP contribution in [0.15, 0.2) is 24.3 Å². The zero-order valence-electron chi connectivity index (χ0n) is 12.1.